The number of H-pyrrole nitrogens is 1. The molecule has 0 aliphatic carbocycles. The highest BCUT2D eigenvalue weighted by molar-refractivity contribution is 5.76. The number of rotatable bonds is 3. The third-order valence-corrected chi connectivity index (χ3v) is 2.35. The standard InChI is InChI=1S/C9H14N2O3/c1-9(2,6-4-10-11-5-6)7(12)8(13)14-3/h4-5,7,12H,1-3H3,(H,10,11). The minimum atomic E-state index is -1.19. The lowest BCUT2D eigenvalue weighted by Crippen LogP contribution is -2.40. The van der Waals surface area contributed by atoms with Crippen molar-refractivity contribution in [3.05, 3.63) is 18.0 Å². The number of methoxy groups -OCH3 is 1. The average Bonchev–Trinajstić information content (AvgIpc) is 2.68. The van der Waals surface area contributed by atoms with Crippen LogP contribution in [-0.4, -0.2) is 34.5 Å². The number of aromatic amines is 1. The van der Waals surface area contributed by atoms with Crippen LogP contribution in [0, 0.1) is 0 Å². The van der Waals surface area contributed by atoms with Crippen LogP contribution in [0.4, 0.5) is 0 Å². The van der Waals surface area contributed by atoms with E-state index in [4.69, 9.17) is 0 Å². The van der Waals surface area contributed by atoms with E-state index in [0.29, 0.717) is 0 Å². The molecule has 14 heavy (non-hydrogen) atoms. The highest BCUT2D eigenvalue weighted by Gasteiger charge is 2.36. The first-order valence-electron chi connectivity index (χ1n) is 4.25. The molecule has 0 bridgehead atoms. The third-order valence-electron chi connectivity index (χ3n) is 2.35. The van der Waals surface area contributed by atoms with E-state index in [9.17, 15) is 9.90 Å². The molecule has 5 heteroatoms. The smallest absolute Gasteiger partial charge is 0.335 e. The number of aromatic nitrogens is 2. The Kier molecular flexibility index (Phi) is 2.90. The Morgan fingerprint density at radius 3 is 2.79 bits per heavy atom. The van der Waals surface area contributed by atoms with E-state index in [2.05, 4.69) is 14.9 Å². The van der Waals surface area contributed by atoms with E-state index in [1.165, 1.54) is 7.11 Å². The topological polar surface area (TPSA) is 75.2 Å². The summed E-state index contributed by atoms with van der Waals surface area (Å²) in [4.78, 5) is 11.2. The van der Waals surface area contributed by atoms with Crippen molar-refractivity contribution >= 4 is 5.97 Å². The summed E-state index contributed by atoms with van der Waals surface area (Å²) in [7, 11) is 1.25. The maximum Gasteiger partial charge on any atom is 0.335 e. The normalized spacial score (nSPS) is 13.7. The van der Waals surface area contributed by atoms with Gasteiger partial charge in [-0.25, -0.2) is 4.79 Å². The van der Waals surface area contributed by atoms with Gasteiger partial charge in [-0.05, 0) is 5.56 Å². The molecule has 1 heterocycles. The monoisotopic (exact) mass is 198 g/mol. The maximum atomic E-state index is 11.2. The van der Waals surface area contributed by atoms with Gasteiger partial charge in [-0.1, -0.05) is 13.8 Å². The summed E-state index contributed by atoms with van der Waals surface area (Å²) in [6, 6.07) is 0. The Bertz CT molecular complexity index is 306. The van der Waals surface area contributed by atoms with Crippen LogP contribution in [0.1, 0.15) is 19.4 Å². The SMILES string of the molecule is COC(=O)C(O)C(C)(C)c1cn[nH]c1. The van der Waals surface area contributed by atoms with Crippen molar-refractivity contribution < 1.29 is 14.6 Å². The van der Waals surface area contributed by atoms with Crippen molar-refractivity contribution in [2.45, 2.75) is 25.4 Å². The fourth-order valence-electron chi connectivity index (χ4n) is 1.17. The third kappa shape index (κ3) is 1.77. The van der Waals surface area contributed by atoms with Gasteiger partial charge in [0.05, 0.1) is 13.3 Å². The molecule has 0 aliphatic heterocycles. The van der Waals surface area contributed by atoms with E-state index in [0.717, 1.165) is 5.56 Å². The van der Waals surface area contributed by atoms with Crippen LogP contribution in [0.5, 0.6) is 0 Å². The second-order valence-electron chi connectivity index (χ2n) is 3.63. The van der Waals surface area contributed by atoms with Crippen molar-refractivity contribution in [2.75, 3.05) is 7.11 Å². The lowest BCUT2D eigenvalue weighted by atomic mass is 9.81. The minimum absolute atomic E-state index is 0.642. The highest BCUT2D eigenvalue weighted by atomic mass is 16.5. The van der Waals surface area contributed by atoms with E-state index in [-0.39, 0.29) is 0 Å². The van der Waals surface area contributed by atoms with Gasteiger partial charge in [0, 0.05) is 11.6 Å². The summed E-state index contributed by atoms with van der Waals surface area (Å²) in [5.41, 5.74) is 0.0514. The quantitative estimate of drug-likeness (QED) is 0.681. The molecule has 5 nitrogen and oxygen atoms in total. The molecule has 1 aromatic rings. The summed E-state index contributed by atoms with van der Waals surface area (Å²) in [6.07, 6.45) is 2.03. The van der Waals surface area contributed by atoms with Crippen molar-refractivity contribution in [3.63, 3.8) is 0 Å². The molecular formula is C9H14N2O3. The zero-order chi connectivity index (χ0) is 10.8. The predicted molar refractivity (Wildman–Crippen MR) is 49.6 cm³/mol. The minimum Gasteiger partial charge on any atom is -0.467 e. The van der Waals surface area contributed by atoms with Gasteiger partial charge in [-0.3, -0.25) is 5.10 Å². The summed E-state index contributed by atoms with van der Waals surface area (Å²) < 4.78 is 4.48. The molecule has 0 aliphatic rings. The number of nitrogens with zero attached hydrogens (tertiary/aromatic N) is 1. The molecule has 0 radical (unpaired) electrons. The number of ether oxygens (including phenoxy) is 1. The zero-order valence-electron chi connectivity index (χ0n) is 8.44. The Hall–Kier alpha value is -1.36. The van der Waals surface area contributed by atoms with Crippen LogP contribution in [0.25, 0.3) is 0 Å². The molecule has 1 unspecified atom stereocenters. The molecule has 0 aromatic carbocycles. The van der Waals surface area contributed by atoms with E-state index >= 15 is 0 Å². The van der Waals surface area contributed by atoms with E-state index < -0.39 is 17.5 Å². The summed E-state index contributed by atoms with van der Waals surface area (Å²) in [5.74, 6) is -0.642. The molecule has 2 N–H and O–H groups in total. The number of aliphatic hydroxyl groups is 1. The number of carbonyl (C=O) groups is 1. The maximum absolute atomic E-state index is 11.2. The molecule has 78 valence electrons. The van der Waals surface area contributed by atoms with Crippen molar-refractivity contribution in [2.24, 2.45) is 0 Å². The van der Waals surface area contributed by atoms with Crippen molar-refractivity contribution in [3.8, 4) is 0 Å². The fourth-order valence-corrected chi connectivity index (χ4v) is 1.17. The molecule has 1 aromatic heterocycles. The van der Waals surface area contributed by atoms with Crippen LogP contribution in [-0.2, 0) is 14.9 Å². The molecule has 0 saturated carbocycles. The second kappa shape index (κ2) is 3.79. The van der Waals surface area contributed by atoms with Gasteiger partial charge in [0.1, 0.15) is 0 Å². The van der Waals surface area contributed by atoms with Gasteiger partial charge in [0.15, 0.2) is 6.10 Å². The second-order valence-corrected chi connectivity index (χ2v) is 3.63. The van der Waals surface area contributed by atoms with E-state index in [1.807, 2.05) is 0 Å². The Labute approximate surface area is 82.1 Å². The summed E-state index contributed by atoms with van der Waals surface area (Å²) in [6.45, 7) is 3.50. The van der Waals surface area contributed by atoms with Crippen molar-refractivity contribution in [1.82, 2.24) is 10.2 Å². The average molecular weight is 198 g/mol. The van der Waals surface area contributed by atoms with Gasteiger partial charge in [0.2, 0.25) is 0 Å². The van der Waals surface area contributed by atoms with Gasteiger partial charge >= 0.3 is 5.97 Å². The highest BCUT2D eigenvalue weighted by Crippen LogP contribution is 2.26. The number of carbonyl (C=O) groups excluding carboxylic acids is 1. The number of hydrogen-bond donors (Lipinski definition) is 2. The van der Waals surface area contributed by atoms with Gasteiger partial charge in [0.25, 0.3) is 0 Å². The zero-order valence-corrected chi connectivity index (χ0v) is 8.44. The van der Waals surface area contributed by atoms with Gasteiger partial charge in [-0.2, -0.15) is 5.10 Å². The molecular weight excluding hydrogens is 184 g/mol. The number of nitrogens with one attached hydrogen (secondary N) is 1. The lowest BCUT2D eigenvalue weighted by molar-refractivity contribution is -0.153. The van der Waals surface area contributed by atoms with Crippen LogP contribution < -0.4 is 0 Å². The van der Waals surface area contributed by atoms with Gasteiger partial charge in [-0.15, -0.1) is 0 Å². The van der Waals surface area contributed by atoms with Crippen LogP contribution in [0.3, 0.4) is 0 Å². The molecule has 0 amide bonds. The number of aliphatic hydroxyl groups excluding tert-OH is 1. The lowest BCUT2D eigenvalue weighted by Gasteiger charge is -2.27. The molecule has 0 spiro atoms. The summed E-state index contributed by atoms with van der Waals surface area (Å²) in [5, 5.41) is 16.1. The number of esters is 1. The first-order valence-corrected chi connectivity index (χ1v) is 4.25. The first-order chi connectivity index (χ1) is 6.50. The Morgan fingerprint density at radius 1 is 1.71 bits per heavy atom. The largest absolute Gasteiger partial charge is 0.467 e. The Balaban J connectivity index is 2.90. The first kappa shape index (κ1) is 10.7. The van der Waals surface area contributed by atoms with Crippen LogP contribution in [0.2, 0.25) is 0 Å². The molecule has 0 fully saturated rings. The number of hydrogen-bond acceptors (Lipinski definition) is 4. The van der Waals surface area contributed by atoms with Crippen LogP contribution in [0.15, 0.2) is 12.4 Å². The molecule has 1 rings (SSSR count). The summed E-state index contributed by atoms with van der Waals surface area (Å²) >= 11 is 0. The predicted octanol–water partition coefficient (Wildman–Crippen LogP) is 0.221. The van der Waals surface area contributed by atoms with Gasteiger partial charge < -0.3 is 9.84 Å². The fraction of sp³-hybridized carbons (Fsp3) is 0.556. The van der Waals surface area contributed by atoms with E-state index in [1.54, 1.807) is 26.2 Å². The molecule has 1 atom stereocenters. The molecule has 0 saturated heterocycles. The van der Waals surface area contributed by atoms with Crippen LogP contribution >= 0.6 is 0 Å². The van der Waals surface area contributed by atoms with Crippen molar-refractivity contribution in [1.29, 1.82) is 0 Å². The Morgan fingerprint density at radius 2 is 2.36 bits per heavy atom.